The van der Waals surface area contributed by atoms with Crippen molar-refractivity contribution < 1.29 is 14.3 Å². The molecular formula is C31H22ClNO3. The highest BCUT2D eigenvalue weighted by Gasteiger charge is 2.04. The average Bonchev–Trinajstić information content (AvgIpc) is 2.92. The minimum absolute atomic E-state index is 0.413. The third kappa shape index (κ3) is 7.20. The third-order valence-corrected chi connectivity index (χ3v) is 5.48. The van der Waals surface area contributed by atoms with Crippen LogP contribution < -0.4 is 9.47 Å². The molecular weight excluding hydrogens is 470 g/mol. The maximum atomic E-state index is 12.2. The van der Waals surface area contributed by atoms with E-state index >= 15 is 0 Å². The van der Waals surface area contributed by atoms with E-state index in [0.29, 0.717) is 23.0 Å². The molecule has 0 unspecified atom stereocenters. The number of carbonyl (C=O) groups is 1. The molecule has 0 aliphatic heterocycles. The Morgan fingerprint density at radius 3 is 2.11 bits per heavy atom. The summed E-state index contributed by atoms with van der Waals surface area (Å²) < 4.78 is 11.2. The Bertz CT molecular complexity index is 1400. The normalized spacial score (nSPS) is 11.2. The summed E-state index contributed by atoms with van der Waals surface area (Å²) in [7, 11) is 0. The monoisotopic (exact) mass is 491 g/mol. The fourth-order valence-corrected chi connectivity index (χ4v) is 3.46. The van der Waals surface area contributed by atoms with Crippen molar-refractivity contribution in [3.8, 4) is 17.6 Å². The zero-order valence-corrected chi connectivity index (χ0v) is 20.1. The number of rotatable bonds is 8. The molecule has 0 saturated heterocycles. The second kappa shape index (κ2) is 12.2. The highest BCUT2D eigenvalue weighted by atomic mass is 35.5. The molecule has 4 aromatic carbocycles. The summed E-state index contributed by atoms with van der Waals surface area (Å²) in [6, 6.07) is 33.6. The average molecular weight is 492 g/mol. The van der Waals surface area contributed by atoms with Crippen LogP contribution in [0.2, 0.25) is 5.02 Å². The Morgan fingerprint density at radius 1 is 0.806 bits per heavy atom. The molecule has 176 valence electrons. The molecule has 0 aromatic heterocycles. The van der Waals surface area contributed by atoms with Gasteiger partial charge in [-0.1, -0.05) is 78.3 Å². The Labute approximate surface area is 215 Å². The molecule has 0 radical (unpaired) electrons. The van der Waals surface area contributed by atoms with Gasteiger partial charge in [-0.15, -0.1) is 0 Å². The molecule has 4 nitrogen and oxygen atoms in total. The first-order valence-corrected chi connectivity index (χ1v) is 11.6. The summed E-state index contributed by atoms with van der Waals surface area (Å²) in [4.78, 5) is 12.2. The fraction of sp³-hybridized carbons (Fsp3) is 0.0323. The lowest BCUT2D eigenvalue weighted by molar-refractivity contribution is -0.128. The van der Waals surface area contributed by atoms with Crippen molar-refractivity contribution in [3.63, 3.8) is 0 Å². The quantitative estimate of drug-likeness (QED) is 0.0836. The molecule has 0 heterocycles. The number of halogens is 1. The third-order valence-electron chi connectivity index (χ3n) is 5.23. The Hall–Kier alpha value is -4.59. The number of carbonyl (C=O) groups excluding carboxylic acids is 1. The summed E-state index contributed by atoms with van der Waals surface area (Å²) in [6.45, 7) is 0.496. The van der Waals surface area contributed by atoms with Gasteiger partial charge in [0.1, 0.15) is 18.1 Å². The summed E-state index contributed by atoms with van der Waals surface area (Å²) in [5.41, 5.74) is 4.05. The lowest BCUT2D eigenvalue weighted by Gasteiger charge is -2.06. The topological polar surface area (TPSA) is 59.3 Å². The lowest BCUT2D eigenvalue weighted by atomic mass is 10.0. The van der Waals surface area contributed by atoms with E-state index in [-0.39, 0.29) is 0 Å². The van der Waals surface area contributed by atoms with Gasteiger partial charge in [-0.05, 0) is 70.8 Å². The number of hydrogen-bond acceptors (Lipinski definition) is 4. The van der Waals surface area contributed by atoms with Gasteiger partial charge in [0.15, 0.2) is 0 Å². The molecule has 4 rings (SSSR count). The Morgan fingerprint density at radius 2 is 1.44 bits per heavy atom. The van der Waals surface area contributed by atoms with Crippen molar-refractivity contribution in [1.82, 2.24) is 0 Å². The molecule has 0 N–H and O–H groups in total. The predicted molar refractivity (Wildman–Crippen MR) is 143 cm³/mol. The zero-order valence-electron chi connectivity index (χ0n) is 19.3. The van der Waals surface area contributed by atoms with Gasteiger partial charge in [-0.25, -0.2) is 4.79 Å². The van der Waals surface area contributed by atoms with E-state index in [1.54, 1.807) is 60.7 Å². The summed E-state index contributed by atoms with van der Waals surface area (Å²) in [5, 5.41) is 10.1. The van der Waals surface area contributed by atoms with Crippen LogP contribution >= 0.6 is 11.6 Å². The first-order valence-electron chi connectivity index (χ1n) is 11.2. The maximum Gasteiger partial charge on any atom is 0.336 e. The lowest BCUT2D eigenvalue weighted by Crippen LogP contribution is -2.03. The largest absolute Gasteiger partial charge is 0.489 e. The zero-order chi connectivity index (χ0) is 25.2. The second-order valence-electron chi connectivity index (χ2n) is 7.84. The number of hydrogen-bond donors (Lipinski definition) is 0. The van der Waals surface area contributed by atoms with Crippen molar-refractivity contribution in [1.29, 1.82) is 5.26 Å². The summed E-state index contributed by atoms with van der Waals surface area (Å²) in [6.07, 6.45) is 4.83. The first-order chi connectivity index (χ1) is 17.6. The van der Waals surface area contributed by atoms with Crippen LogP contribution in [0.4, 0.5) is 0 Å². The van der Waals surface area contributed by atoms with Gasteiger partial charge in [-0.3, -0.25) is 0 Å². The molecule has 0 amide bonds. The summed E-state index contributed by atoms with van der Waals surface area (Å²) >= 11 is 5.92. The van der Waals surface area contributed by atoms with Crippen LogP contribution in [0.15, 0.2) is 109 Å². The first kappa shape index (κ1) is 24.5. The second-order valence-corrected chi connectivity index (χ2v) is 8.28. The van der Waals surface area contributed by atoms with E-state index in [2.05, 4.69) is 6.07 Å². The molecule has 0 spiro atoms. The van der Waals surface area contributed by atoms with Crippen LogP contribution in [-0.2, 0) is 11.4 Å². The van der Waals surface area contributed by atoms with Crippen LogP contribution in [0.1, 0.15) is 22.3 Å². The van der Waals surface area contributed by atoms with Crippen molar-refractivity contribution in [3.05, 3.63) is 136 Å². The highest BCUT2D eigenvalue weighted by molar-refractivity contribution is 6.30. The molecule has 5 heteroatoms. The number of ether oxygens (including phenoxy) is 2. The number of esters is 1. The van der Waals surface area contributed by atoms with Crippen LogP contribution in [0.3, 0.4) is 0 Å². The Balaban J connectivity index is 1.31. The SMILES string of the molecule is N#C/C(=C/c1ccc(OC(=O)/C=C/c2ccc(OCc3ccccc3)cc2)cc1)c1ccc(Cl)cc1. The van der Waals surface area contributed by atoms with Gasteiger partial charge >= 0.3 is 5.97 Å². The molecule has 4 aromatic rings. The number of nitrogens with zero attached hydrogens (tertiary/aromatic N) is 1. The van der Waals surface area contributed by atoms with Crippen LogP contribution in [-0.4, -0.2) is 5.97 Å². The van der Waals surface area contributed by atoms with E-state index in [1.165, 1.54) is 6.08 Å². The number of allylic oxidation sites excluding steroid dienone is 1. The Kier molecular flexibility index (Phi) is 8.32. The van der Waals surface area contributed by atoms with Crippen molar-refractivity contribution in [2.45, 2.75) is 6.61 Å². The highest BCUT2D eigenvalue weighted by Crippen LogP contribution is 2.22. The van der Waals surface area contributed by atoms with Gasteiger partial charge < -0.3 is 9.47 Å². The van der Waals surface area contributed by atoms with Gasteiger partial charge in [0.05, 0.1) is 11.6 Å². The maximum absolute atomic E-state index is 12.2. The van der Waals surface area contributed by atoms with Gasteiger partial charge in [0.25, 0.3) is 0 Å². The molecule has 36 heavy (non-hydrogen) atoms. The van der Waals surface area contributed by atoms with Gasteiger partial charge in [0.2, 0.25) is 0 Å². The van der Waals surface area contributed by atoms with Crippen LogP contribution in [0, 0.1) is 11.3 Å². The van der Waals surface area contributed by atoms with Gasteiger partial charge in [0, 0.05) is 11.1 Å². The van der Waals surface area contributed by atoms with Crippen molar-refractivity contribution >= 4 is 35.3 Å². The number of benzene rings is 4. The molecule has 0 bridgehead atoms. The minimum Gasteiger partial charge on any atom is -0.489 e. The molecule has 0 aliphatic carbocycles. The van der Waals surface area contributed by atoms with E-state index in [1.807, 2.05) is 54.6 Å². The van der Waals surface area contributed by atoms with E-state index in [0.717, 1.165) is 28.0 Å². The standard InChI is InChI=1S/C31H22ClNO3/c32-28-13-11-26(12-14-28)27(21-33)20-24-8-17-30(18-9-24)36-31(34)19-10-23-6-15-29(16-7-23)35-22-25-4-2-1-3-5-25/h1-20H,22H2/b19-10+,27-20-. The van der Waals surface area contributed by atoms with Crippen molar-refractivity contribution in [2.75, 3.05) is 0 Å². The fourth-order valence-electron chi connectivity index (χ4n) is 3.34. The summed E-state index contributed by atoms with van der Waals surface area (Å²) in [5.74, 6) is 0.682. The van der Waals surface area contributed by atoms with Gasteiger partial charge in [-0.2, -0.15) is 5.26 Å². The smallest absolute Gasteiger partial charge is 0.336 e. The molecule has 0 aliphatic rings. The number of nitriles is 1. The van der Waals surface area contributed by atoms with E-state index in [4.69, 9.17) is 21.1 Å². The van der Waals surface area contributed by atoms with Crippen molar-refractivity contribution in [2.24, 2.45) is 0 Å². The van der Waals surface area contributed by atoms with Crippen LogP contribution in [0.5, 0.6) is 11.5 Å². The molecule has 0 saturated carbocycles. The van der Waals surface area contributed by atoms with E-state index in [9.17, 15) is 10.1 Å². The van der Waals surface area contributed by atoms with E-state index < -0.39 is 5.97 Å². The molecule has 0 fully saturated rings. The minimum atomic E-state index is -0.485. The van der Waals surface area contributed by atoms with Crippen LogP contribution in [0.25, 0.3) is 17.7 Å². The molecule has 0 atom stereocenters. The predicted octanol–water partition coefficient (Wildman–Crippen LogP) is 7.60.